The fourth-order valence-electron chi connectivity index (χ4n) is 3.36. The average Bonchev–Trinajstić information content (AvgIpc) is 3.26. The Morgan fingerprint density at radius 2 is 2.09 bits per heavy atom. The van der Waals surface area contributed by atoms with Crippen LogP contribution in [0.2, 0.25) is 0 Å². The second-order valence-corrected chi connectivity index (χ2v) is 8.27. The minimum Gasteiger partial charge on any atom is -0.460 e. The van der Waals surface area contributed by atoms with Gasteiger partial charge in [-0.1, -0.05) is 13.8 Å². The van der Waals surface area contributed by atoms with Crippen molar-refractivity contribution in [2.24, 2.45) is 11.7 Å². The lowest BCUT2D eigenvalue weighted by molar-refractivity contribution is -0.173. The van der Waals surface area contributed by atoms with Gasteiger partial charge < -0.3 is 25.7 Å². The smallest absolute Gasteiger partial charge is 0.347 e. The van der Waals surface area contributed by atoms with E-state index in [0.29, 0.717) is 0 Å². The lowest BCUT2D eigenvalue weighted by Crippen LogP contribution is -2.40. The molecule has 1 saturated heterocycles. The van der Waals surface area contributed by atoms with Crippen LogP contribution in [-0.2, 0) is 29.5 Å². The van der Waals surface area contributed by atoms with Gasteiger partial charge in [-0.15, -0.1) is 0 Å². The monoisotopic (exact) mass is 454 g/mol. The van der Waals surface area contributed by atoms with Crippen LogP contribution < -0.4 is 17.0 Å². The fraction of sp³-hybridized carbons (Fsp3) is 0.632. The zero-order valence-electron chi connectivity index (χ0n) is 18.2. The zero-order valence-corrected chi connectivity index (χ0v) is 18.2. The van der Waals surface area contributed by atoms with Crippen molar-refractivity contribution in [3.63, 3.8) is 0 Å². The Kier molecular flexibility index (Phi) is 6.51. The number of alkyl halides is 1. The number of nitrogens with zero attached hydrogens (tertiary/aromatic N) is 3. The highest BCUT2D eigenvalue weighted by Crippen LogP contribution is 2.38. The lowest BCUT2D eigenvalue weighted by Gasteiger charge is -2.26. The Hall–Kier alpha value is -3.06. The van der Waals surface area contributed by atoms with E-state index >= 15 is 0 Å². The van der Waals surface area contributed by atoms with Crippen molar-refractivity contribution in [1.29, 1.82) is 0 Å². The number of aromatic amines is 1. The minimum absolute atomic E-state index is 0.0320. The van der Waals surface area contributed by atoms with Crippen LogP contribution in [0.25, 0.3) is 11.2 Å². The number of fused-ring (bicyclic) bond motifs is 1. The molecule has 0 aromatic carbocycles. The summed E-state index contributed by atoms with van der Waals surface area (Å²) in [5.74, 6) is -1.87. The number of nitrogens with two attached hydrogens (primary N) is 2. The predicted molar refractivity (Wildman–Crippen MR) is 110 cm³/mol. The highest BCUT2D eigenvalue weighted by atomic mass is 19.1. The first-order valence-corrected chi connectivity index (χ1v) is 10.1. The summed E-state index contributed by atoms with van der Waals surface area (Å²) in [6, 6.07) is -0.876. The van der Waals surface area contributed by atoms with Crippen LogP contribution in [-0.4, -0.2) is 62.5 Å². The molecule has 5 atom stereocenters. The van der Waals surface area contributed by atoms with Crippen molar-refractivity contribution in [3.05, 3.63) is 16.7 Å². The summed E-state index contributed by atoms with van der Waals surface area (Å²) in [6.45, 7) is 6.02. The van der Waals surface area contributed by atoms with E-state index in [1.807, 2.05) is 0 Å². The van der Waals surface area contributed by atoms with Gasteiger partial charge in [0.15, 0.2) is 17.3 Å². The third-order valence-electron chi connectivity index (χ3n) is 5.32. The zero-order chi connectivity index (χ0) is 23.8. The summed E-state index contributed by atoms with van der Waals surface area (Å²) in [5.41, 5.74) is 9.69. The van der Waals surface area contributed by atoms with Gasteiger partial charge in [0.05, 0.1) is 6.33 Å². The summed E-state index contributed by atoms with van der Waals surface area (Å²) >= 11 is 0. The molecule has 0 spiro atoms. The molecular formula is C19H27FN6O6. The summed E-state index contributed by atoms with van der Waals surface area (Å²) in [4.78, 5) is 46.5. The summed E-state index contributed by atoms with van der Waals surface area (Å²) in [6.07, 6.45) is -2.59. The largest absolute Gasteiger partial charge is 0.460 e. The van der Waals surface area contributed by atoms with E-state index in [4.69, 9.17) is 25.7 Å². The van der Waals surface area contributed by atoms with Gasteiger partial charge in [-0.3, -0.25) is 19.1 Å². The molecule has 3 heterocycles. The van der Waals surface area contributed by atoms with Gasteiger partial charge in [-0.05, 0) is 19.8 Å². The number of anilines is 1. The number of halogens is 1. The van der Waals surface area contributed by atoms with E-state index in [1.54, 1.807) is 20.8 Å². The predicted octanol–water partition coefficient (Wildman–Crippen LogP) is -0.0403. The summed E-state index contributed by atoms with van der Waals surface area (Å²) < 4.78 is 32.1. The van der Waals surface area contributed by atoms with Crippen LogP contribution in [0.3, 0.4) is 0 Å². The van der Waals surface area contributed by atoms with Crippen LogP contribution in [0.4, 0.5) is 10.3 Å². The highest BCUT2D eigenvalue weighted by molar-refractivity contribution is 5.81. The van der Waals surface area contributed by atoms with Crippen LogP contribution in [0.1, 0.15) is 34.1 Å². The number of nitrogen functional groups attached to an aromatic ring is 1. The number of aromatic nitrogens is 4. The number of nitrogens with one attached hydrogen (secondary N) is 1. The van der Waals surface area contributed by atoms with Crippen molar-refractivity contribution < 1.29 is 28.2 Å². The molecule has 0 amide bonds. The number of esters is 2. The molecule has 3 rings (SSSR count). The van der Waals surface area contributed by atoms with E-state index in [9.17, 15) is 18.8 Å². The van der Waals surface area contributed by atoms with Crippen molar-refractivity contribution in [3.8, 4) is 0 Å². The first-order chi connectivity index (χ1) is 14.9. The van der Waals surface area contributed by atoms with Crippen LogP contribution in [0.5, 0.6) is 0 Å². The third-order valence-corrected chi connectivity index (χ3v) is 5.32. The van der Waals surface area contributed by atoms with E-state index < -0.39 is 54.3 Å². The number of hydrogen-bond acceptors (Lipinski definition) is 10. The summed E-state index contributed by atoms with van der Waals surface area (Å²) in [5, 5.41) is 0. The van der Waals surface area contributed by atoms with Gasteiger partial charge in [0, 0.05) is 6.42 Å². The van der Waals surface area contributed by atoms with E-state index in [0.717, 1.165) is 0 Å². The molecule has 12 nitrogen and oxygen atoms in total. The second-order valence-electron chi connectivity index (χ2n) is 8.27. The number of imidazole rings is 1. The second kappa shape index (κ2) is 8.82. The Morgan fingerprint density at radius 3 is 2.75 bits per heavy atom. The van der Waals surface area contributed by atoms with Crippen molar-refractivity contribution in [2.45, 2.75) is 64.3 Å². The number of ether oxygens (including phenoxy) is 3. The molecule has 0 radical (unpaired) electrons. The van der Waals surface area contributed by atoms with Crippen molar-refractivity contribution in [1.82, 2.24) is 19.5 Å². The number of H-pyrrole nitrogens is 1. The van der Waals surface area contributed by atoms with Crippen molar-refractivity contribution in [2.75, 3.05) is 12.3 Å². The molecular weight excluding hydrogens is 427 g/mol. The van der Waals surface area contributed by atoms with E-state index in [1.165, 1.54) is 17.8 Å². The van der Waals surface area contributed by atoms with E-state index in [-0.39, 0.29) is 29.5 Å². The number of hydrogen-bond donors (Lipinski definition) is 3. The quantitative estimate of drug-likeness (QED) is 0.481. The molecule has 176 valence electrons. The Balaban J connectivity index is 1.65. The Labute approximate surface area is 182 Å². The van der Waals surface area contributed by atoms with Gasteiger partial charge in [-0.2, -0.15) is 4.98 Å². The highest BCUT2D eigenvalue weighted by Gasteiger charge is 2.46. The first kappa shape index (κ1) is 23.6. The molecule has 32 heavy (non-hydrogen) atoms. The lowest BCUT2D eigenvalue weighted by atomic mass is 10.1. The molecule has 13 heteroatoms. The van der Waals surface area contributed by atoms with Crippen molar-refractivity contribution >= 4 is 29.1 Å². The Morgan fingerprint density at radius 1 is 1.41 bits per heavy atom. The van der Waals surface area contributed by atoms with Gasteiger partial charge in [0.1, 0.15) is 30.6 Å². The fourth-order valence-corrected chi connectivity index (χ4v) is 3.36. The SMILES string of the molecule is CC(C)[C@H](N)C(=O)O[C@@H](C)C(=O)OC[C@H]1O[C@](C)(n2cnc3c(=O)[nH]c(N)nc32)CC1F. The molecule has 2 aromatic rings. The maximum absolute atomic E-state index is 14.7. The van der Waals surface area contributed by atoms with Gasteiger partial charge in [0.25, 0.3) is 5.56 Å². The van der Waals surface area contributed by atoms with Crippen LogP contribution >= 0.6 is 0 Å². The molecule has 0 aliphatic carbocycles. The van der Waals surface area contributed by atoms with Gasteiger partial charge in [0.2, 0.25) is 5.95 Å². The standard InChI is InChI=1S/C19H27FN6O6/c1-8(2)12(21)17(29)31-9(3)16(28)30-6-11-10(20)5-19(4,32-11)26-7-23-13-14(26)24-18(22)25-15(13)27/h7-12H,5-6,21H2,1-4H3,(H3,22,24,25,27)/t9-,10?,11+,12-,19-/m0/s1. The van der Waals surface area contributed by atoms with Crippen LogP contribution in [0.15, 0.2) is 11.1 Å². The average molecular weight is 454 g/mol. The van der Waals surface area contributed by atoms with Gasteiger partial charge >= 0.3 is 11.9 Å². The van der Waals surface area contributed by atoms with Gasteiger partial charge in [-0.25, -0.2) is 14.2 Å². The topological polar surface area (TPSA) is 177 Å². The molecule has 5 N–H and O–H groups in total. The van der Waals surface area contributed by atoms with E-state index in [2.05, 4.69) is 15.0 Å². The number of carbonyl (C=O) groups is 2. The molecule has 1 fully saturated rings. The molecule has 0 saturated carbocycles. The molecule has 0 bridgehead atoms. The first-order valence-electron chi connectivity index (χ1n) is 10.1. The third kappa shape index (κ3) is 4.58. The minimum atomic E-state index is -1.49. The molecule has 1 aliphatic heterocycles. The molecule has 1 aliphatic rings. The Bertz CT molecular complexity index is 1070. The summed E-state index contributed by atoms with van der Waals surface area (Å²) in [7, 11) is 0. The normalized spacial score (nSPS) is 25.1. The maximum Gasteiger partial charge on any atom is 0.347 e. The maximum atomic E-state index is 14.7. The molecule has 1 unspecified atom stereocenters. The number of carbonyl (C=O) groups excluding carboxylic acids is 2. The molecule has 2 aromatic heterocycles. The van der Waals surface area contributed by atoms with Crippen LogP contribution in [0, 0.1) is 5.92 Å². The number of rotatable bonds is 7.